The van der Waals surface area contributed by atoms with Gasteiger partial charge in [0.15, 0.2) is 0 Å². The molecule has 0 saturated carbocycles. The summed E-state index contributed by atoms with van der Waals surface area (Å²) < 4.78 is 35.8. The average Bonchev–Trinajstić information content (AvgIpc) is 2.26. The molecule has 1 aromatic carbocycles. The predicted octanol–water partition coefficient (Wildman–Crippen LogP) is 0.674. The summed E-state index contributed by atoms with van der Waals surface area (Å²) in [7, 11) is -3.07. The van der Waals surface area contributed by atoms with Crippen LogP contribution in [0.4, 0.5) is 5.69 Å². The Morgan fingerprint density at radius 1 is 1.37 bits per heavy atom. The van der Waals surface area contributed by atoms with Gasteiger partial charge in [0, 0.05) is 0 Å². The molecule has 0 aliphatic rings. The molecule has 1 aromatic rings. The Bertz CT molecular complexity index is 608. The van der Waals surface area contributed by atoms with E-state index in [4.69, 9.17) is 9.29 Å². The maximum Gasteiger partial charge on any atom is 0.294 e. The highest BCUT2D eigenvalue weighted by atomic mass is 32.2. The number of hydrogen-bond donors (Lipinski definition) is 2. The molecular formula is C11H12NO6S. The summed E-state index contributed by atoms with van der Waals surface area (Å²) in [6, 6.07) is 3.42. The van der Waals surface area contributed by atoms with Crippen molar-refractivity contribution in [3.05, 3.63) is 24.6 Å². The Balaban J connectivity index is 3.10. The average molecular weight is 286 g/mol. The number of carbonyl (C=O) groups is 2. The topological polar surface area (TPSA) is 110 Å². The van der Waals surface area contributed by atoms with Crippen molar-refractivity contribution in [2.75, 3.05) is 12.4 Å². The van der Waals surface area contributed by atoms with E-state index in [1.165, 1.54) is 20.1 Å². The van der Waals surface area contributed by atoms with Gasteiger partial charge >= 0.3 is 0 Å². The number of rotatable bonds is 5. The van der Waals surface area contributed by atoms with Crippen LogP contribution in [0.1, 0.15) is 6.92 Å². The second-order valence-corrected chi connectivity index (χ2v) is 5.00. The first-order valence-corrected chi connectivity index (χ1v) is 6.50. The molecule has 8 heteroatoms. The minimum Gasteiger partial charge on any atom is -0.495 e. The van der Waals surface area contributed by atoms with Crippen LogP contribution in [0.3, 0.4) is 0 Å². The molecule has 1 rings (SSSR count). The number of nitrogens with one attached hydrogen (secondary N) is 1. The molecule has 0 bridgehead atoms. The molecule has 0 aromatic heterocycles. The molecule has 103 valence electrons. The number of carbonyl (C=O) groups excluding carboxylic acids is 2. The van der Waals surface area contributed by atoms with Gasteiger partial charge < -0.3 is 10.1 Å². The van der Waals surface area contributed by atoms with E-state index < -0.39 is 26.7 Å². The number of Topliss-reactive ketones (excluding diaryl/α,β-unsaturated/α-hetero) is 1. The quantitative estimate of drug-likeness (QED) is 0.608. The molecule has 0 fully saturated rings. The van der Waals surface area contributed by atoms with Gasteiger partial charge in [-0.1, -0.05) is 0 Å². The smallest absolute Gasteiger partial charge is 0.294 e. The van der Waals surface area contributed by atoms with Gasteiger partial charge in [0.05, 0.1) is 17.7 Å². The van der Waals surface area contributed by atoms with Gasteiger partial charge in [-0.2, -0.15) is 8.42 Å². The van der Waals surface area contributed by atoms with Crippen molar-refractivity contribution in [1.29, 1.82) is 0 Å². The molecule has 0 unspecified atom stereocenters. The highest BCUT2D eigenvalue weighted by Crippen LogP contribution is 2.27. The van der Waals surface area contributed by atoms with Crippen LogP contribution in [0.2, 0.25) is 0 Å². The first kappa shape index (κ1) is 15.1. The van der Waals surface area contributed by atoms with Crippen molar-refractivity contribution >= 4 is 27.5 Å². The number of ketones is 1. The lowest BCUT2D eigenvalue weighted by Crippen LogP contribution is -2.16. The zero-order valence-electron chi connectivity index (χ0n) is 10.2. The van der Waals surface area contributed by atoms with Gasteiger partial charge in [0.1, 0.15) is 18.0 Å². The van der Waals surface area contributed by atoms with Gasteiger partial charge in [0.25, 0.3) is 10.1 Å². The van der Waals surface area contributed by atoms with Gasteiger partial charge in [-0.25, -0.2) is 0 Å². The monoisotopic (exact) mass is 286 g/mol. The number of methoxy groups -OCH3 is 1. The number of amides is 1. The largest absolute Gasteiger partial charge is 0.495 e. The van der Waals surface area contributed by atoms with Crippen LogP contribution >= 0.6 is 0 Å². The molecule has 0 atom stereocenters. The van der Waals surface area contributed by atoms with Crippen LogP contribution in [0, 0.1) is 6.42 Å². The van der Waals surface area contributed by atoms with Gasteiger partial charge in [-0.15, -0.1) is 0 Å². The summed E-state index contributed by atoms with van der Waals surface area (Å²) in [5, 5.41) is 2.29. The number of hydrogen-bond acceptors (Lipinski definition) is 5. The third-order valence-corrected chi connectivity index (χ3v) is 2.91. The van der Waals surface area contributed by atoms with E-state index in [1.54, 1.807) is 0 Å². The van der Waals surface area contributed by atoms with Crippen molar-refractivity contribution < 1.29 is 27.3 Å². The van der Waals surface area contributed by atoms with Crippen LogP contribution in [-0.4, -0.2) is 31.8 Å². The van der Waals surface area contributed by atoms with Gasteiger partial charge in [0.2, 0.25) is 5.91 Å². The molecule has 19 heavy (non-hydrogen) atoms. The fourth-order valence-electron chi connectivity index (χ4n) is 1.30. The van der Waals surface area contributed by atoms with Crippen molar-refractivity contribution in [3.63, 3.8) is 0 Å². The Morgan fingerprint density at radius 3 is 2.47 bits per heavy atom. The predicted molar refractivity (Wildman–Crippen MR) is 66.4 cm³/mol. The maximum atomic E-state index is 11.4. The highest BCUT2D eigenvalue weighted by molar-refractivity contribution is 7.85. The van der Waals surface area contributed by atoms with Crippen LogP contribution < -0.4 is 10.1 Å². The molecule has 0 saturated heterocycles. The summed E-state index contributed by atoms with van der Waals surface area (Å²) in [5.41, 5.74) is 0.0279. The molecule has 0 spiro atoms. The molecule has 2 N–H and O–H groups in total. The Kier molecular flexibility index (Phi) is 4.62. The molecule has 1 amide bonds. The first-order chi connectivity index (χ1) is 8.74. The SMILES string of the molecule is COc1ccc(S(=O)(=O)O)cc1NC(=O)[CH]C(C)=O. The third kappa shape index (κ3) is 4.34. The summed E-state index contributed by atoms with van der Waals surface area (Å²) in [6.45, 7) is 1.20. The zero-order chi connectivity index (χ0) is 14.6. The summed E-state index contributed by atoms with van der Waals surface area (Å²) in [4.78, 5) is 21.7. The lowest BCUT2D eigenvalue weighted by molar-refractivity contribution is -0.119. The fourth-order valence-corrected chi connectivity index (χ4v) is 1.81. The summed E-state index contributed by atoms with van der Waals surface area (Å²) in [6.07, 6.45) is 0.805. The molecule has 0 heterocycles. The minimum atomic E-state index is -4.39. The second kappa shape index (κ2) is 5.81. The Labute approximate surface area is 110 Å². The van der Waals surface area contributed by atoms with E-state index in [0.717, 1.165) is 18.6 Å². The summed E-state index contributed by atoms with van der Waals surface area (Å²) in [5.74, 6) is -0.988. The third-order valence-electron chi connectivity index (χ3n) is 2.06. The van der Waals surface area contributed by atoms with Crippen molar-refractivity contribution in [2.24, 2.45) is 0 Å². The van der Waals surface area contributed by atoms with Crippen LogP contribution in [-0.2, 0) is 19.7 Å². The zero-order valence-corrected chi connectivity index (χ0v) is 11.0. The maximum absolute atomic E-state index is 11.4. The van der Waals surface area contributed by atoms with Crippen LogP contribution in [0.25, 0.3) is 0 Å². The van der Waals surface area contributed by atoms with E-state index in [9.17, 15) is 18.0 Å². The molecular weight excluding hydrogens is 274 g/mol. The molecule has 7 nitrogen and oxygen atoms in total. The lowest BCUT2D eigenvalue weighted by Gasteiger charge is -2.10. The van der Waals surface area contributed by atoms with Crippen LogP contribution in [0.5, 0.6) is 5.75 Å². The fraction of sp³-hybridized carbons (Fsp3) is 0.182. The van der Waals surface area contributed by atoms with E-state index in [2.05, 4.69) is 5.32 Å². The number of benzene rings is 1. The van der Waals surface area contributed by atoms with E-state index in [-0.39, 0.29) is 11.4 Å². The molecule has 0 aliphatic carbocycles. The van der Waals surface area contributed by atoms with Gasteiger partial charge in [-0.05, 0) is 25.1 Å². The lowest BCUT2D eigenvalue weighted by atomic mass is 10.2. The van der Waals surface area contributed by atoms with Gasteiger partial charge in [-0.3, -0.25) is 14.1 Å². The Morgan fingerprint density at radius 2 is 2.00 bits per heavy atom. The normalized spacial score (nSPS) is 10.9. The van der Waals surface area contributed by atoms with E-state index in [1.807, 2.05) is 0 Å². The second-order valence-electron chi connectivity index (χ2n) is 3.58. The summed E-state index contributed by atoms with van der Waals surface area (Å²) >= 11 is 0. The van der Waals surface area contributed by atoms with Crippen LogP contribution in [0.15, 0.2) is 23.1 Å². The van der Waals surface area contributed by atoms with Crippen molar-refractivity contribution in [1.82, 2.24) is 0 Å². The molecule has 0 aliphatic heterocycles. The minimum absolute atomic E-state index is 0.0279. The number of anilines is 1. The standard InChI is InChI=1S/C11H12NO6S/c1-7(13)5-11(14)12-9-6-8(19(15,16)17)3-4-10(9)18-2/h3-6H,1-2H3,(H,12,14)(H,15,16,17). The first-order valence-electron chi connectivity index (χ1n) is 5.06. The molecule has 1 radical (unpaired) electrons. The highest BCUT2D eigenvalue weighted by Gasteiger charge is 2.15. The van der Waals surface area contributed by atoms with E-state index in [0.29, 0.717) is 0 Å². The van der Waals surface area contributed by atoms with Crippen molar-refractivity contribution in [2.45, 2.75) is 11.8 Å². The van der Waals surface area contributed by atoms with Crippen molar-refractivity contribution in [3.8, 4) is 5.75 Å². The van der Waals surface area contributed by atoms with E-state index >= 15 is 0 Å². The Hall–Kier alpha value is -1.93. The number of ether oxygens (including phenoxy) is 1.